The van der Waals surface area contributed by atoms with Crippen LogP contribution >= 0.6 is 11.3 Å². The number of rotatable bonds is 1. The first-order valence-electron chi connectivity index (χ1n) is 6.87. The maximum Gasteiger partial charge on any atom is 0.142 e. The molecule has 2 heterocycles. The molecule has 1 aliphatic carbocycles. The highest BCUT2D eigenvalue weighted by Gasteiger charge is 2.25. The quantitative estimate of drug-likeness (QED) is 0.868. The molecule has 1 aliphatic rings. The van der Waals surface area contributed by atoms with Gasteiger partial charge in [0.2, 0.25) is 0 Å². The molecule has 3 rings (SSSR count). The molecule has 0 aromatic carbocycles. The Bertz CT molecular complexity index is 709. The number of nitrogens with zero attached hydrogens (tertiary/aromatic N) is 2. The van der Waals surface area contributed by atoms with Crippen LogP contribution in [0, 0.1) is 24.2 Å². The van der Waals surface area contributed by atoms with Crippen LogP contribution in [0.5, 0.6) is 0 Å². The van der Waals surface area contributed by atoms with Gasteiger partial charge in [0.25, 0.3) is 0 Å². The van der Waals surface area contributed by atoms with Gasteiger partial charge in [0.15, 0.2) is 0 Å². The van der Waals surface area contributed by atoms with Crippen molar-refractivity contribution in [3.05, 3.63) is 33.8 Å². The number of aromatic nitrogens is 1. The van der Waals surface area contributed by atoms with Gasteiger partial charge in [-0.05, 0) is 54.7 Å². The number of hydrogen-bond acceptors (Lipinski definition) is 4. The molecule has 20 heavy (non-hydrogen) atoms. The van der Waals surface area contributed by atoms with Crippen molar-refractivity contribution < 1.29 is 0 Å². The van der Waals surface area contributed by atoms with E-state index in [1.807, 2.05) is 0 Å². The van der Waals surface area contributed by atoms with Crippen LogP contribution in [0.1, 0.15) is 35.7 Å². The van der Waals surface area contributed by atoms with E-state index in [2.05, 4.69) is 36.3 Å². The summed E-state index contributed by atoms with van der Waals surface area (Å²) in [6.45, 7) is 4.35. The lowest BCUT2D eigenvalue weighted by atomic mass is 9.83. The SMILES string of the molecule is Cc1ccsc1-c1c(C#N)c(N)nc2c1CC(C)CC2. The number of nitriles is 1. The number of nitrogens with two attached hydrogens (primary N) is 1. The van der Waals surface area contributed by atoms with E-state index in [4.69, 9.17) is 5.73 Å². The Hall–Kier alpha value is -1.86. The number of aryl methyl sites for hydroxylation is 2. The smallest absolute Gasteiger partial charge is 0.142 e. The molecule has 0 saturated carbocycles. The Morgan fingerprint density at radius 2 is 2.30 bits per heavy atom. The summed E-state index contributed by atoms with van der Waals surface area (Å²) in [6, 6.07) is 4.36. The third-order valence-corrected chi connectivity index (χ3v) is 5.07. The fourth-order valence-corrected chi connectivity index (χ4v) is 3.95. The third-order valence-electron chi connectivity index (χ3n) is 4.04. The highest BCUT2D eigenvalue weighted by atomic mass is 32.1. The van der Waals surface area contributed by atoms with Crippen molar-refractivity contribution in [1.29, 1.82) is 5.26 Å². The van der Waals surface area contributed by atoms with Crippen LogP contribution in [0.15, 0.2) is 11.4 Å². The molecule has 2 aromatic rings. The first kappa shape index (κ1) is 13.1. The molecule has 1 atom stereocenters. The molecular weight excluding hydrogens is 266 g/mol. The van der Waals surface area contributed by atoms with Crippen LogP contribution in [-0.4, -0.2) is 4.98 Å². The van der Waals surface area contributed by atoms with Crippen LogP contribution in [0.4, 0.5) is 5.82 Å². The summed E-state index contributed by atoms with van der Waals surface area (Å²) in [5.41, 5.74) is 11.1. The summed E-state index contributed by atoms with van der Waals surface area (Å²) in [6.07, 6.45) is 3.10. The molecule has 1 unspecified atom stereocenters. The molecule has 0 fully saturated rings. The van der Waals surface area contributed by atoms with Gasteiger partial charge in [-0.15, -0.1) is 11.3 Å². The molecule has 102 valence electrons. The molecule has 4 heteroatoms. The van der Waals surface area contributed by atoms with Gasteiger partial charge in [0.1, 0.15) is 17.5 Å². The van der Waals surface area contributed by atoms with Crippen molar-refractivity contribution in [2.45, 2.75) is 33.1 Å². The van der Waals surface area contributed by atoms with Crippen LogP contribution < -0.4 is 5.73 Å². The second kappa shape index (κ2) is 4.92. The minimum Gasteiger partial charge on any atom is -0.383 e. The maximum atomic E-state index is 9.49. The molecule has 2 aromatic heterocycles. The molecule has 0 aliphatic heterocycles. The predicted octanol–water partition coefficient (Wildman–Crippen LogP) is 3.70. The van der Waals surface area contributed by atoms with E-state index in [0.29, 0.717) is 17.3 Å². The topological polar surface area (TPSA) is 62.7 Å². The molecule has 0 spiro atoms. The second-order valence-corrected chi connectivity index (χ2v) is 6.48. The number of fused-ring (bicyclic) bond motifs is 1. The zero-order valence-electron chi connectivity index (χ0n) is 11.7. The minimum absolute atomic E-state index is 0.378. The Morgan fingerprint density at radius 3 is 2.95 bits per heavy atom. The van der Waals surface area contributed by atoms with Gasteiger partial charge in [-0.3, -0.25) is 0 Å². The van der Waals surface area contributed by atoms with E-state index in [1.54, 1.807) is 11.3 Å². The van der Waals surface area contributed by atoms with Crippen LogP contribution in [-0.2, 0) is 12.8 Å². The average Bonchev–Trinajstić information content (AvgIpc) is 2.84. The van der Waals surface area contributed by atoms with E-state index >= 15 is 0 Å². The summed E-state index contributed by atoms with van der Waals surface area (Å²) >= 11 is 1.68. The van der Waals surface area contributed by atoms with Gasteiger partial charge < -0.3 is 5.73 Å². The number of thiophene rings is 1. The highest BCUT2D eigenvalue weighted by molar-refractivity contribution is 7.13. The minimum atomic E-state index is 0.378. The largest absolute Gasteiger partial charge is 0.383 e. The van der Waals surface area contributed by atoms with Gasteiger partial charge in [-0.2, -0.15) is 5.26 Å². The molecular formula is C16H17N3S. The lowest BCUT2D eigenvalue weighted by Gasteiger charge is -2.24. The molecule has 0 radical (unpaired) electrons. The normalized spacial score (nSPS) is 17.6. The van der Waals surface area contributed by atoms with Gasteiger partial charge in [-0.1, -0.05) is 6.92 Å². The Morgan fingerprint density at radius 1 is 1.50 bits per heavy atom. The molecule has 3 nitrogen and oxygen atoms in total. The van der Waals surface area contributed by atoms with Crippen molar-refractivity contribution in [3.8, 4) is 16.5 Å². The molecule has 0 bridgehead atoms. The van der Waals surface area contributed by atoms with E-state index < -0.39 is 0 Å². The van der Waals surface area contributed by atoms with Gasteiger partial charge in [0.05, 0.1) is 0 Å². The van der Waals surface area contributed by atoms with Crippen molar-refractivity contribution in [1.82, 2.24) is 4.98 Å². The molecule has 0 saturated heterocycles. The monoisotopic (exact) mass is 283 g/mol. The summed E-state index contributed by atoms with van der Waals surface area (Å²) in [7, 11) is 0. The number of nitrogen functional groups attached to an aromatic ring is 1. The van der Waals surface area contributed by atoms with E-state index in [0.717, 1.165) is 30.5 Å². The second-order valence-electron chi connectivity index (χ2n) is 5.56. The summed E-state index contributed by atoms with van der Waals surface area (Å²) in [4.78, 5) is 5.65. The van der Waals surface area contributed by atoms with Gasteiger partial charge in [0, 0.05) is 16.1 Å². The van der Waals surface area contributed by atoms with Crippen molar-refractivity contribution in [2.75, 3.05) is 5.73 Å². The van der Waals surface area contributed by atoms with Gasteiger partial charge >= 0.3 is 0 Å². The van der Waals surface area contributed by atoms with Crippen molar-refractivity contribution in [2.24, 2.45) is 5.92 Å². The van der Waals surface area contributed by atoms with E-state index in [-0.39, 0.29) is 0 Å². The fraction of sp³-hybridized carbons (Fsp3) is 0.375. The zero-order valence-corrected chi connectivity index (χ0v) is 12.5. The van der Waals surface area contributed by atoms with Crippen LogP contribution in [0.2, 0.25) is 0 Å². The molecule has 0 amide bonds. The standard InChI is InChI=1S/C16H17N3S/c1-9-3-4-13-11(7-9)14(12(8-17)16(18)19-13)15-10(2)5-6-20-15/h5-6,9H,3-4,7H2,1-2H3,(H2,18,19). The summed E-state index contributed by atoms with van der Waals surface area (Å²) in [5, 5.41) is 11.6. The van der Waals surface area contributed by atoms with E-state index in [9.17, 15) is 5.26 Å². The Kier molecular flexibility index (Phi) is 3.23. The fourth-order valence-electron chi connectivity index (χ4n) is 2.94. The number of pyridine rings is 1. The van der Waals surface area contributed by atoms with Crippen LogP contribution in [0.25, 0.3) is 10.4 Å². The number of anilines is 1. The highest BCUT2D eigenvalue weighted by Crippen LogP contribution is 2.40. The van der Waals surface area contributed by atoms with Crippen LogP contribution in [0.3, 0.4) is 0 Å². The lowest BCUT2D eigenvalue weighted by Crippen LogP contribution is -2.16. The maximum absolute atomic E-state index is 9.49. The Labute approximate surface area is 123 Å². The summed E-state index contributed by atoms with van der Waals surface area (Å²) in [5.74, 6) is 1.02. The predicted molar refractivity (Wildman–Crippen MR) is 82.6 cm³/mol. The van der Waals surface area contributed by atoms with Crippen molar-refractivity contribution >= 4 is 17.2 Å². The first-order chi connectivity index (χ1) is 9.61. The van der Waals surface area contributed by atoms with Crippen molar-refractivity contribution in [3.63, 3.8) is 0 Å². The summed E-state index contributed by atoms with van der Waals surface area (Å²) < 4.78 is 0. The Balaban J connectivity index is 2.33. The average molecular weight is 283 g/mol. The van der Waals surface area contributed by atoms with Gasteiger partial charge in [-0.25, -0.2) is 4.98 Å². The first-order valence-corrected chi connectivity index (χ1v) is 7.75. The molecule has 2 N–H and O–H groups in total. The zero-order chi connectivity index (χ0) is 14.3. The van der Waals surface area contributed by atoms with E-state index in [1.165, 1.54) is 16.0 Å². The third kappa shape index (κ3) is 1.99. The number of hydrogen-bond donors (Lipinski definition) is 1. The lowest BCUT2D eigenvalue weighted by molar-refractivity contribution is 0.495.